The van der Waals surface area contributed by atoms with E-state index in [0.29, 0.717) is 0 Å². The van der Waals surface area contributed by atoms with Crippen molar-refractivity contribution >= 4 is 47.0 Å². The van der Waals surface area contributed by atoms with Crippen LogP contribution in [0.2, 0.25) is 0 Å². The lowest BCUT2D eigenvalue weighted by atomic mass is 9.93. The van der Waals surface area contributed by atoms with Crippen LogP contribution in [-0.4, -0.2) is 108 Å². The summed E-state index contributed by atoms with van der Waals surface area (Å²) in [5.74, 6) is 0. The molecule has 200 valence electrons. The molecule has 25 heteroatoms. The standard InChI is InChI=1S/C10H20B2O19P4/c11-9-7(15)5(13)3(27-9)1-25-32(17,18)29-34(21,22)31-35(23,24)30-33(19,20)26-2-4-6(14)8(16)10(12)28-4/h3-10,13-16H,1-2H2,(H,17,18)(H,19,20)(H,21,22)(H,23,24)/p-2/t3-,4-,5?,6?,7+,8?,9-,10-/m1/s1. The number of aliphatic hydroxyl groups excluding tert-OH is 4. The average Bonchev–Trinajstić information content (AvgIpc) is 3.06. The highest BCUT2D eigenvalue weighted by atomic mass is 31.3. The largest absolute Gasteiger partial charge is 0.756 e. The van der Waals surface area contributed by atoms with Gasteiger partial charge in [-0.25, -0.2) is 22.1 Å². The summed E-state index contributed by atoms with van der Waals surface area (Å²) in [5.41, 5.74) is 0. The minimum absolute atomic E-state index is 1.07. The SMILES string of the molecule is [B][C@@H]1O[C@H](COP(=O)(O)OP(=O)([O-])OP(=O)([O-])OP(=O)(O)OC[C@H]2O[C@@H]([B])[C@@H](O)C2O)C(O)C1O. The maximum atomic E-state index is 11.8. The number of aliphatic hydroxyl groups is 4. The predicted octanol–water partition coefficient (Wildman–Crippen LogP) is -4.56. The van der Waals surface area contributed by atoms with Gasteiger partial charge in [-0.15, -0.1) is 0 Å². The molecule has 0 spiro atoms. The molecule has 2 aliphatic rings. The zero-order valence-electron chi connectivity index (χ0n) is 17.0. The summed E-state index contributed by atoms with van der Waals surface area (Å²) in [6.45, 7) is -2.14. The predicted molar refractivity (Wildman–Crippen MR) is 103 cm³/mol. The van der Waals surface area contributed by atoms with Crippen LogP contribution in [0, 0.1) is 0 Å². The zero-order chi connectivity index (χ0) is 27.0. The minimum Gasteiger partial charge on any atom is -0.756 e. The second-order valence-corrected chi connectivity index (χ2v) is 13.0. The maximum Gasteiger partial charge on any atom is 0.478 e. The Balaban J connectivity index is 1.89. The lowest BCUT2D eigenvalue weighted by Gasteiger charge is -2.31. The molecule has 19 nitrogen and oxygen atoms in total. The highest BCUT2D eigenvalue weighted by Crippen LogP contribution is 2.68. The summed E-state index contributed by atoms with van der Waals surface area (Å²) in [6.07, 6.45) is -9.66. The van der Waals surface area contributed by atoms with Gasteiger partial charge in [-0.1, -0.05) is 0 Å². The van der Waals surface area contributed by atoms with E-state index in [4.69, 9.17) is 25.2 Å². The van der Waals surface area contributed by atoms with E-state index < -0.39 is 93.1 Å². The summed E-state index contributed by atoms with van der Waals surface area (Å²) >= 11 is 0. The smallest absolute Gasteiger partial charge is 0.478 e. The molecule has 0 bridgehead atoms. The van der Waals surface area contributed by atoms with Crippen LogP contribution in [0.3, 0.4) is 0 Å². The van der Waals surface area contributed by atoms with Crippen molar-refractivity contribution in [3.05, 3.63) is 0 Å². The normalized spacial score (nSPS) is 40.5. The second kappa shape index (κ2) is 11.7. The Hall–Kier alpha value is 0.450. The molecule has 2 saturated heterocycles. The van der Waals surface area contributed by atoms with Crippen LogP contribution >= 0.6 is 31.3 Å². The van der Waals surface area contributed by atoms with Gasteiger partial charge in [-0.3, -0.25) is 18.2 Å². The molecule has 2 aliphatic heterocycles. The van der Waals surface area contributed by atoms with Crippen LogP contribution in [0.15, 0.2) is 0 Å². The van der Waals surface area contributed by atoms with Crippen LogP contribution in [0.4, 0.5) is 0 Å². The first-order valence-corrected chi connectivity index (χ1v) is 14.9. The maximum absolute atomic E-state index is 11.8. The number of hydrogen-bond acceptors (Lipinski definition) is 17. The molecule has 0 aromatic carbocycles. The summed E-state index contributed by atoms with van der Waals surface area (Å²) in [7, 11) is -13.6. The Morgan fingerprint density at radius 3 is 1.23 bits per heavy atom. The molecule has 6 N–H and O–H groups in total. The van der Waals surface area contributed by atoms with Gasteiger partial charge in [0.05, 0.1) is 25.4 Å². The number of hydrogen-bond donors (Lipinski definition) is 6. The van der Waals surface area contributed by atoms with Crippen molar-refractivity contribution in [3.8, 4) is 0 Å². The third-order valence-corrected chi connectivity index (χ3v) is 10.0. The third-order valence-electron chi connectivity index (χ3n) is 4.21. The number of rotatable bonds is 12. The first-order chi connectivity index (χ1) is 15.7. The molecule has 0 saturated carbocycles. The van der Waals surface area contributed by atoms with Crippen LogP contribution in [0.1, 0.15) is 0 Å². The average molecular weight is 588 g/mol. The summed E-state index contributed by atoms with van der Waals surface area (Å²) in [4.78, 5) is 42.2. The van der Waals surface area contributed by atoms with Crippen molar-refractivity contribution in [2.24, 2.45) is 0 Å². The van der Waals surface area contributed by atoms with Crippen molar-refractivity contribution in [2.75, 3.05) is 13.2 Å². The van der Waals surface area contributed by atoms with Gasteiger partial charge < -0.3 is 49.5 Å². The Morgan fingerprint density at radius 2 is 0.971 bits per heavy atom. The molecule has 2 fully saturated rings. The van der Waals surface area contributed by atoms with Crippen LogP contribution in [-0.2, 0) is 49.7 Å². The van der Waals surface area contributed by atoms with Crippen LogP contribution in [0.25, 0.3) is 0 Å². The molecule has 12 atom stereocenters. The van der Waals surface area contributed by atoms with Gasteiger partial charge in [0, 0.05) is 12.0 Å². The van der Waals surface area contributed by atoms with E-state index in [1.807, 2.05) is 0 Å². The molecule has 0 aromatic rings. The molecule has 35 heavy (non-hydrogen) atoms. The quantitative estimate of drug-likeness (QED) is 0.0924. The van der Waals surface area contributed by atoms with Crippen molar-refractivity contribution < 1.29 is 89.7 Å². The Morgan fingerprint density at radius 1 is 0.657 bits per heavy atom. The van der Waals surface area contributed by atoms with E-state index in [2.05, 4.69) is 22.0 Å². The number of ether oxygens (including phenoxy) is 2. The number of phosphoric acid groups is 4. The molecule has 0 amide bonds. The fourth-order valence-corrected chi connectivity index (χ4v) is 7.44. The van der Waals surface area contributed by atoms with E-state index in [1.54, 1.807) is 0 Å². The first kappa shape index (κ1) is 31.7. The minimum atomic E-state index is -6.36. The summed E-state index contributed by atoms with van der Waals surface area (Å²) in [6, 6.07) is -2.81. The molecule has 4 radical (unpaired) electrons. The van der Waals surface area contributed by atoms with E-state index in [-0.39, 0.29) is 0 Å². The van der Waals surface area contributed by atoms with Gasteiger partial charge >= 0.3 is 15.6 Å². The molecular weight excluding hydrogens is 570 g/mol. The second-order valence-electron chi connectivity index (χ2n) is 6.91. The number of phosphoric ester groups is 2. The van der Waals surface area contributed by atoms with Crippen molar-refractivity contribution in [2.45, 2.75) is 48.6 Å². The van der Waals surface area contributed by atoms with Gasteiger partial charge in [0.2, 0.25) is 0 Å². The Bertz CT molecular complexity index is 863. The fourth-order valence-electron chi connectivity index (χ4n) is 2.62. The van der Waals surface area contributed by atoms with Crippen LogP contribution < -0.4 is 9.79 Å². The molecule has 0 aromatic heterocycles. The highest BCUT2D eigenvalue weighted by molar-refractivity contribution is 7.68. The zero-order valence-corrected chi connectivity index (χ0v) is 20.5. The lowest BCUT2D eigenvalue weighted by Crippen LogP contribution is -2.34. The van der Waals surface area contributed by atoms with E-state index >= 15 is 0 Å². The van der Waals surface area contributed by atoms with Gasteiger partial charge in [-0.2, -0.15) is 0 Å². The topological polar surface area (TPSA) is 300 Å². The van der Waals surface area contributed by atoms with Gasteiger partial charge in [-0.05, 0) is 0 Å². The molecule has 2 rings (SSSR count). The molecular formula is C10H18B2O19P4-2. The third kappa shape index (κ3) is 9.30. The lowest BCUT2D eigenvalue weighted by molar-refractivity contribution is -0.235. The van der Waals surface area contributed by atoms with Crippen molar-refractivity contribution in [1.29, 1.82) is 0 Å². The summed E-state index contributed by atoms with van der Waals surface area (Å²) in [5, 5.41) is 38.0. The van der Waals surface area contributed by atoms with Gasteiger partial charge in [0.25, 0.3) is 15.6 Å². The molecule has 0 aliphatic carbocycles. The van der Waals surface area contributed by atoms with Gasteiger partial charge in [0.15, 0.2) is 0 Å². The summed E-state index contributed by atoms with van der Waals surface area (Å²) < 4.78 is 75.4. The molecule has 7 unspecified atom stereocenters. The Labute approximate surface area is 199 Å². The van der Waals surface area contributed by atoms with Crippen LogP contribution in [0.5, 0.6) is 0 Å². The van der Waals surface area contributed by atoms with E-state index in [0.717, 1.165) is 0 Å². The fraction of sp³-hybridized carbons (Fsp3) is 1.00. The van der Waals surface area contributed by atoms with Crippen molar-refractivity contribution in [3.63, 3.8) is 0 Å². The monoisotopic (exact) mass is 588 g/mol. The van der Waals surface area contributed by atoms with E-state index in [1.165, 1.54) is 0 Å². The first-order valence-electron chi connectivity index (χ1n) is 8.99. The highest BCUT2D eigenvalue weighted by Gasteiger charge is 2.43. The van der Waals surface area contributed by atoms with Gasteiger partial charge in [0.1, 0.15) is 40.1 Å². The molecule has 2 heterocycles. The van der Waals surface area contributed by atoms with Crippen molar-refractivity contribution in [1.82, 2.24) is 0 Å². The van der Waals surface area contributed by atoms with E-state index in [9.17, 15) is 58.3 Å². The Kier molecular flexibility index (Phi) is 10.6.